The highest BCUT2D eigenvalue weighted by Gasteiger charge is 2.23. The van der Waals surface area contributed by atoms with Crippen LogP contribution in [0.2, 0.25) is 0 Å². The number of ether oxygens (including phenoxy) is 2. The second-order valence-corrected chi connectivity index (χ2v) is 6.05. The summed E-state index contributed by atoms with van der Waals surface area (Å²) in [5.41, 5.74) is 0.828. The van der Waals surface area contributed by atoms with E-state index in [2.05, 4.69) is 9.46 Å². The maximum atomic E-state index is 12.1. The number of aliphatic carboxylic acids is 1. The fourth-order valence-electron chi connectivity index (χ4n) is 1.87. The second-order valence-electron chi connectivity index (χ2n) is 4.28. The quantitative estimate of drug-likeness (QED) is 0.767. The fraction of sp³-hybridized carbons (Fsp3) is 0.417. The summed E-state index contributed by atoms with van der Waals surface area (Å²) in [6.07, 6.45) is -0.559. The molecule has 1 aromatic carbocycles. The van der Waals surface area contributed by atoms with Gasteiger partial charge in [0.2, 0.25) is 10.0 Å². The van der Waals surface area contributed by atoms with Crippen molar-refractivity contribution in [2.24, 2.45) is 0 Å². The Hall–Kier alpha value is -1.64. The van der Waals surface area contributed by atoms with E-state index in [4.69, 9.17) is 9.84 Å². The average molecular weight is 301 g/mol. The van der Waals surface area contributed by atoms with Crippen LogP contribution in [0.1, 0.15) is 5.56 Å². The molecule has 0 spiro atoms. The molecule has 0 radical (unpaired) electrons. The number of nitrogens with one attached hydrogen (secondary N) is 1. The van der Waals surface area contributed by atoms with Crippen molar-refractivity contribution >= 4 is 16.0 Å². The Bertz CT molecular complexity index is 612. The van der Waals surface area contributed by atoms with E-state index >= 15 is 0 Å². The molecule has 0 fully saturated rings. The predicted octanol–water partition coefficient (Wildman–Crippen LogP) is -0.000600. The molecule has 1 heterocycles. The van der Waals surface area contributed by atoms with Crippen molar-refractivity contribution in [1.29, 1.82) is 0 Å². The van der Waals surface area contributed by atoms with Crippen molar-refractivity contribution in [3.63, 3.8) is 0 Å². The van der Waals surface area contributed by atoms with Crippen LogP contribution in [0, 0.1) is 0 Å². The predicted molar refractivity (Wildman–Crippen MR) is 69.3 cm³/mol. The number of fused-ring (bicyclic) bond motifs is 1. The molecule has 7 nitrogen and oxygen atoms in total. The van der Waals surface area contributed by atoms with E-state index in [1.807, 2.05) is 0 Å². The summed E-state index contributed by atoms with van der Waals surface area (Å²) in [7, 11) is -2.56. The van der Waals surface area contributed by atoms with Gasteiger partial charge < -0.3 is 14.6 Å². The SMILES string of the molecule is COC(CNS(=O)(=O)c1ccc2c(c1)CCO2)C(=O)O. The Morgan fingerprint density at radius 2 is 2.30 bits per heavy atom. The number of carboxylic acid groups (broad SMARTS) is 1. The van der Waals surface area contributed by atoms with Crippen molar-refractivity contribution in [3.8, 4) is 5.75 Å². The number of carboxylic acids is 1. The summed E-state index contributed by atoms with van der Waals surface area (Å²) in [4.78, 5) is 10.8. The molecule has 8 heteroatoms. The van der Waals surface area contributed by atoms with Crippen LogP contribution in [0.3, 0.4) is 0 Å². The molecule has 0 amide bonds. The van der Waals surface area contributed by atoms with Gasteiger partial charge in [0.1, 0.15) is 5.75 Å². The van der Waals surface area contributed by atoms with Gasteiger partial charge in [0.25, 0.3) is 0 Å². The van der Waals surface area contributed by atoms with Crippen LogP contribution in [0.25, 0.3) is 0 Å². The van der Waals surface area contributed by atoms with Gasteiger partial charge in [-0.1, -0.05) is 0 Å². The molecule has 20 heavy (non-hydrogen) atoms. The molecule has 1 aliphatic heterocycles. The number of sulfonamides is 1. The van der Waals surface area contributed by atoms with Gasteiger partial charge in [-0.3, -0.25) is 0 Å². The van der Waals surface area contributed by atoms with Gasteiger partial charge in [-0.15, -0.1) is 0 Å². The zero-order valence-corrected chi connectivity index (χ0v) is 11.6. The standard InChI is InChI=1S/C12H15NO6S/c1-18-11(12(14)15)7-13-20(16,17)9-2-3-10-8(6-9)4-5-19-10/h2-3,6,11,13H,4-5,7H2,1H3,(H,14,15). The van der Waals surface area contributed by atoms with Crippen molar-refractivity contribution < 1.29 is 27.8 Å². The number of benzene rings is 1. The van der Waals surface area contributed by atoms with Gasteiger partial charge in [-0.25, -0.2) is 17.9 Å². The third-order valence-electron chi connectivity index (χ3n) is 2.99. The molecule has 0 aromatic heterocycles. The zero-order valence-electron chi connectivity index (χ0n) is 10.8. The van der Waals surface area contributed by atoms with Gasteiger partial charge in [-0.05, 0) is 23.8 Å². The van der Waals surface area contributed by atoms with Gasteiger partial charge in [0, 0.05) is 20.1 Å². The number of rotatable bonds is 6. The van der Waals surface area contributed by atoms with Crippen LogP contribution in [0.15, 0.2) is 23.1 Å². The molecule has 1 aromatic rings. The number of hydrogen-bond donors (Lipinski definition) is 2. The minimum Gasteiger partial charge on any atom is -0.493 e. The summed E-state index contributed by atoms with van der Waals surface area (Å²) in [5, 5.41) is 8.79. The van der Waals surface area contributed by atoms with Crippen molar-refractivity contribution in [1.82, 2.24) is 4.72 Å². The zero-order chi connectivity index (χ0) is 14.8. The highest BCUT2D eigenvalue weighted by Crippen LogP contribution is 2.27. The third-order valence-corrected chi connectivity index (χ3v) is 4.41. The molecule has 0 saturated carbocycles. The molecular weight excluding hydrogens is 286 g/mol. The molecule has 1 unspecified atom stereocenters. The summed E-state index contributed by atoms with van der Waals surface area (Å²) >= 11 is 0. The van der Waals surface area contributed by atoms with E-state index in [9.17, 15) is 13.2 Å². The summed E-state index contributed by atoms with van der Waals surface area (Å²) in [6, 6.07) is 4.56. The molecule has 0 saturated heterocycles. The van der Waals surface area contributed by atoms with E-state index in [1.165, 1.54) is 19.2 Å². The van der Waals surface area contributed by atoms with Gasteiger partial charge in [-0.2, -0.15) is 0 Å². The van der Waals surface area contributed by atoms with E-state index in [0.717, 1.165) is 5.56 Å². The van der Waals surface area contributed by atoms with Gasteiger partial charge >= 0.3 is 5.97 Å². The molecule has 0 bridgehead atoms. The Morgan fingerprint density at radius 1 is 1.55 bits per heavy atom. The van der Waals surface area contributed by atoms with Crippen LogP contribution in [-0.2, 0) is 26.0 Å². The first-order chi connectivity index (χ1) is 9.44. The summed E-state index contributed by atoms with van der Waals surface area (Å²) < 4.78 is 36.3. The molecule has 2 N–H and O–H groups in total. The fourth-order valence-corrected chi connectivity index (χ4v) is 2.95. The summed E-state index contributed by atoms with van der Waals surface area (Å²) in [5.74, 6) is -0.540. The number of methoxy groups -OCH3 is 1. The first kappa shape index (κ1) is 14.8. The highest BCUT2D eigenvalue weighted by molar-refractivity contribution is 7.89. The molecule has 1 atom stereocenters. The number of hydrogen-bond acceptors (Lipinski definition) is 5. The first-order valence-corrected chi connectivity index (χ1v) is 7.43. The molecular formula is C12H15NO6S. The Balaban J connectivity index is 2.12. The van der Waals surface area contributed by atoms with Crippen LogP contribution in [0.4, 0.5) is 0 Å². The minimum absolute atomic E-state index is 0.0852. The van der Waals surface area contributed by atoms with E-state index in [0.29, 0.717) is 18.8 Å². The largest absolute Gasteiger partial charge is 0.493 e. The van der Waals surface area contributed by atoms with E-state index in [1.54, 1.807) is 6.07 Å². The van der Waals surface area contributed by atoms with Crippen molar-refractivity contribution in [2.75, 3.05) is 20.3 Å². The van der Waals surface area contributed by atoms with Crippen LogP contribution < -0.4 is 9.46 Å². The Labute approximate surface area is 116 Å². The Kier molecular flexibility index (Phi) is 4.26. The molecule has 2 rings (SSSR count). The van der Waals surface area contributed by atoms with E-state index in [-0.39, 0.29) is 11.4 Å². The third kappa shape index (κ3) is 3.09. The average Bonchev–Trinajstić information content (AvgIpc) is 2.86. The number of carbonyl (C=O) groups is 1. The lowest BCUT2D eigenvalue weighted by molar-refractivity contribution is -0.147. The topological polar surface area (TPSA) is 102 Å². The van der Waals surface area contributed by atoms with Crippen LogP contribution in [0.5, 0.6) is 5.75 Å². The maximum absolute atomic E-state index is 12.1. The molecule has 110 valence electrons. The van der Waals surface area contributed by atoms with Crippen LogP contribution >= 0.6 is 0 Å². The minimum atomic E-state index is -3.77. The lowest BCUT2D eigenvalue weighted by atomic mass is 10.2. The lowest BCUT2D eigenvalue weighted by Crippen LogP contribution is -2.37. The van der Waals surface area contributed by atoms with Gasteiger partial charge in [0.15, 0.2) is 6.10 Å². The highest BCUT2D eigenvalue weighted by atomic mass is 32.2. The molecule has 1 aliphatic rings. The monoisotopic (exact) mass is 301 g/mol. The lowest BCUT2D eigenvalue weighted by Gasteiger charge is -2.12. The van der Waals surface area contributed by atoms with Crippen molar-refractivity contribution in [3.05, 3.63) is 23.8 Å². The van der Waals surface area contributed by atoms with Gasteiger partial charge in [0.05, 0.1) is 11.5 Å². The van der Waals surface area contributed by atoms with Crippen molar-refractivity contribution in [2.45, 2.75) is 17.4 Å². The van der Waals surface area contributed by atoms with Crippen LogP contribution in [-0.4, -0.2) is 45.9 Å². The maximum Gasteiger partial charge on any atom is 0.334 e. The summed E-state index contributed by atoms with van der Waals surface area (Å²) in [6.45, 7) is 0.207. The molecule has 0 aliphatic carbocycles. The normalized spacial score (nSPS) is 15.4. The van der Waals surface area contributed by atoms with E-state index < -0.39 is 22.1 Å². The smallest absolute Gasteiger partial charge is 0.334 e. The first-order valence-electron chi connectivity index (χ1n) is 5.95. The Morgan fingerprint density at radius 3 is 2.95 bits per heavy atom. The second kappa shape index (κ2) is 5.78.